The first kappa shape index (κ1) is 28.7. The highest BCUT2D eigenvalue weighted by Crippen LogP contribution is 2.26. The molecule has 192 valence electrons. The van der Waals surface area contributed by atoms with Gasteiger partial charge in [0, 0.05) is 18.1 Å². The molecule has 0 saturated heterocycles. The maximum absolute atomic E-state index is 13.6. The molecule has 0 spiro atoms. The Bertz CT molecular complexity index is 1110. The second-order valence-electron chi connectivity index (χ2n) is 9.09. The van der Waals surface area contributed by atoms with Crippen LogP contribution in [0, 0.1) is 12.8 Å². The van der Waals surface area contributed by atoms with Gasteiger partial charge >= 0.3 is 0 Å². The molecule has 7 nitrogen and oxygen atoms in total. The first-order valence-corrected chi connectivity index (χ1v) is 14.0. The highest BCUT2D eigenvalue weighted by Gasteiger charge is 2.31. The average molecular weight is 522 g/mol. The molecule has 0 aliphatic heterocycles. The van der Waals surface area contributed by atoms with Crippen LogP contribution in [0.2, 0.25) is 5.02 Å². The Kier molecular flexibility index (Phi) is 10.6. The van der Waals surface area contributed by atoms with Crippen LogP contribution in [-0.4, -0.2) is 57.1 Å². The van der Waals surface area contributed by atoms with Crippen molar-refractivity contribution in [3.8, 4) is 0 Å². The lowest BCUT2D eigenvalue weighted by molar-refractivity contribution is -0.139. The minimum atomic E-state index is -3.80. The third kappa shape index (κ3) is 8.54. The summed E-state index contributed by atoms with van der Waals surface area (Å²) in [4.78, 5) is 28.2. The summed E-state index contributed by atoms with van der Waals surface area (Å²) in [6.07, 6.45) is 2.00. The first-order chi connectivity index (χ1) is 16.4. The Balaban J connectivity index is 2.38. The van der Waals surface area contributed by atoms with Gasteiger partial charge in [-0.05, 0) is 48.9 Å². The van der Waals surface area contributed by atoms with E-state index >= 15 is 0 Å². The second-order valence-corrected chi connectivity index (χ2v) is 11.4. The first-order valence-electron chi connectivity index (χ1n) is 11.8. The number of aryl methyl sites for hydroxylation is 1. The van der Waals surface area contributed by atoms with Crippen LogP contribution in [-0.2, 0) is 26.0 Å². The number of hydrogen-bond donors (Lipinski definition) is 1. The van der Waals surface area contributed by atoms with Crippen molar-refractivity contribution < 1.29 is 18.0 Å². The maximum Gasteiger partial charge on any atom is 0.244 e. The van der Waals surface area contributed by atoms with Crippen molar-refractivity contribution in [2.45, 2.75) is 46.6 Å². The van der Waals surface area contributed by atoms with Crippen molar-refractivity contribution in [3.63, 3.8) is 0 Å². The highest BCUT2D eigenvalue weighted by molar-refractivity contribution is 7.92. The topological polar surface area (TPSA) is 86.8 Å². The molecule has 2 amide bonds. The number of nitrogens with one attached hydrogen (secondary N) is 1. The lowest BCUT2D eigenvalue weighted by Gasteiger charge is -2.33. The fraction of sp³-hybridized carbons (Fsp3) is 0.462. The number of nitrogens with zero attached hydrogens (tertiary/aromatic N) is 2. The number of sulfonamides is 1. The van der Waals surface area contributed by atoms with E-state index in [1.807, 2.05) is 51.1 Å². The Morgan fingerprint density at radius 2 is 1.74 bits per heavy atom. The monoisotopic (exact) mass is 521 g/mol. The van der Waals surface area contributed by atoms with Crippen molar-refractivity contribution in [3.05, 3.63) is 64.7 Å². The summed E-state index contributed by atoms with van der Waals surface area (Å²) >= 11 is 6.13. The van der Waals surface area contributed by atoms with Gasteiger partial charge in [-0.3, -0.25) is 13.9 Å². The van der Waals surface area contributed by atoms with E-state index in [0.717, 1.165) is 16.1 Å². The number of rotatable bonds is 12. The zero-order valence-corrected chi connectivity index (χ0v) is 22.7. The lowest BCUT2D eigenvalue weighted by atomic mass is 10.1. The summed E-state index contributed by atoms with van der Waals surface area (Å²) in [5, 5.41) is 3.28. The highest BCUT2D eigenvalue weighted by atomic mass is 35.5. The van der Waals surface area contributed by atoms with Crippen LogP contribution in [0.1, 0.15) is 38.3 Å². The number of halogens is 1. The van der Waals surface area contributed by atoms with Gasteiger partial charge in [-0.1, -0.05) is 68.8 Å². The fourth-order valence-electron chi connectivity index (χ4n) is 3.76. The second kappa shape index (κ2) is 12.9. The number of anilines is 1. The van der Waals surface area contributed by atoms with Crippen molar-refractivity contribution in [1.82, 2.24) is 10.2 Å². The largest absolute Gasteiger partial charge is 0.354 e. The van der Waals surface area contributed by atoms with Gasteiger partial charge in [0.15, 0.2) is 0 Å². The van der Waals surface area contributed by atoms with Crippen LogP contribution in [0.5, 0.6) is 0 Å². The van der Waals surface area contributed by atoms with Gasteiger partial charge in [0.1, 0.15) is 12.6 Å². The van der Waals surface area contributed by atoms with Gasteiger partial charge in [0.25, 0.3) is 0 Å². The predicted octanol–water partition coefficient (Wildman–Crippen LogP) is 4.04. The van der Waals surface area contributed by atoms with Gasteiger partial charge < -0.3 is 10.2 Å². The normalized spacial score (nSPS) is 12.3. The van der Waals surface area contributed by atoms with Crippen LogP contribution < -0.4 is 9.62 Å². The third-order valence-electron chi connectivity index (χ3n) is 5.67. The van der Waals surface area contributed by atoms with Crippen LogP contribution in [0.15, 0.2) is 48.5 Å². The number of carbonyl (C=O) groups is 2. The minimum absolute atomic E-state index is 0.243. The number of benzene rings is 2. The minimum Gasteiger partial charge on any atom is -0.354 e. The number of amides is 2. The van der Waals surface area contributed by atoms with E-state index in [1.165, 1.54) is 11.0 Å². The predicted molar refractivity (Wildman–Crippen MR) is 142 cm³/mol. The molecule has 35 heavy (non-hydrogen) atoms. The van der Waals surface area contributed by atoms with Crippen molar-refractivity contribution in [2.24, 2.45) is 5.92 Å². The number of hydrogen-bond acceptors (Lipinski definition) is 4. The molecule has 2 aromatic carbocycles. The molecule has 1 atom stereocenters. The molecule has 2 aromatic rings. The molecule has 0 aromatic heterocycles. The van der Waals surface area contributed by atoms with E-state index in [0.29, 0.717) is 35.7 Å². The number of carbonyl (C=O) groups excluding carboxylic acids is 2. The summed E-state index contributed by atoms with van der Waals surface area (Å²) in [5.74, 6) is -0.429. The van der Waals surface area contributed by atoms with Crippen molar-refractivity contribution in [1.29, 1.82) is 0 Å². The van der Waals surface area contributed by atoms with Gasteiger partial charge in [-0.15, -0.1) is 0 Å². The Morgan fingerprint density at radius 1 is 1.09 bits per heavy atom. The third-order valence-corrected chi connectivity index (χ3v) is 7.04. The molecule has 0 fully saturated rings. The molecule has 0 bridgehead atoms. The molecule has 0 unspecified atom stereocenters. The zero-order valence-electron chi connectivity index (χ0n) is 21.1. The summed E-state index contributed by atoms with van der Waals surface area (Å²) in [5.41, 5.74) is 2.03. The molecule has 0 aliphatic carbocycles. The fourth-order valence-corrected chi connectivity index (χ4v) is 4.83. The Morgan fingerprint density at radius 3 is 2.31 bits per heavy atom. The van der Waals surface area contributed by atoms with Crippen LogP contribution in [0.25, 0.3) is 0 Å². The molecule has 0 radical (unpaired) electrons. The van der Waals surface area contributed by atoms with Gasteiger partial charge in [0.05, 0.1) is 11.9 Å². The summed E-state index contributed by atoms with van der Waals surface area (Å²) < 4.78 is 26.5. The summed E-state index contributed by atoms with van der Waals surface area (Å²) in [6, 6.07) is 13.9. The summed E-state index contributed by atoms with van der Waals surface area (Å²) in [6.45, 7) is 7.94. The molecule has 0 saturated carbocycles. The molecule has 2 rings (SSSR count). The Labute approximate surface area is 214 Å². The molecule has 1 N–H and O–H groups in total. The lowest BCUT2D eigenvalue weighted by Crippen LogP contribution is -2.53. The smallest absolute Gasteiger partial charge is 0.244 e. The van der Waals surface area contributed by atoms with E-state index in [1.54, 1.807) is 19.1 Å². The average Bonchev–Trinajstić information content (AvgIpc) is 2.80. The Hall–Kier alpha value is -2.58. The van der Waals surface area contributed by atoms with Crippen LogP contribution >= 0.6 is 11.6 Å². The molecule has 0 aliphatic rings. The standard InChI is InChI=1S/C26H36ClN3O4S/c1-6-23(26(32)28-17-19(2)3)29(15-14-21-10-8-7-9-11-21)25(31)18-30(35(5,33)34)24-16-22(27)13-12-20(24)4/h7-13,16,19,23H,6,14-15,17-18H2,1-5H3,(H,28,32)/t23-/m0/s1. The maximum atomic E-state index is 13.6. The van der Waals surface area contributed by atoms with Crippen molar-refractivity contribution >= 4 is 39.1 Å². The molecule has 0 heterocycles. The van der Waals surface area contributed by atoms with E-state index in [2.05, 4.69) is 5.32 Å². The van der Waals surface area contributed by atoms with Gasteiger partial charge in [-0.25, -0.2) is 8.42 Å². The van der Waals surface area contributed by atoms with Crippen LogP contribution in [0.4, 0.5) is 5.69 Å². The molecule has 9 heteroatoms. The quantitative estimate of drug-likeness (QED) is 0.456. The molecular weight excluding hydrogens is 486 g/mol. The zero-order chi connectivity index (χ0) is 26.2. The SMILES string of the molecule is CC[C@@H](C(=O)NCC(C)C)N(CCc1ccccc1)C(=O)CN(c1cc(Cl)ccc1C)S(C)(=O)=O. The van der Waals surface area contributed by atoms with E-state index in [4.69, 9.17) is 11.6 Å². The van der Waals surface area contributed by atoms with E-state index in [-0.39, 0.29) is 18.4 Å². The van der Waals surface area contributed by atoms with Crippen molar-refractivity contribution in [2.75, 3.05) is 30.2 Å². The van der Waals surface area contributed by atoms with Gasteiger partial charge in [0.2, 0.25) is 21.8 Å². The van der Waals surface area contributed by atoms with Crippen LogP contribution in [0.3, 0.4) is 0 Å². The summed E-state index contributed by atoms with van der Waals surface area (Å²) in [7, 11) is -3.80. The van der Waals surface area contributed by atoms with Gasteiger partial charge in [-0.2, -0.15) is 0 Å². The van der Waals surface area contributed by atoms with E-state index < -0.39 is 28.5 Å². The molecular formula is C26H36ClN3O4S. The van der Waals surface area contributed by atoms with E-state index in [9.17, 15) is 18.0 Å².